The van der Waals surface area contributed by atoms with E-state index < -0.39 is 12.7 Å². The maximum Gasteiger partial charge on any atom is 0.401 e. The Morgan fingerprint density at radius 3 is 2.41 bits per heavy atom. The molecular formula is C12H17F3N2. The highest BCUT2D eigenvalue weighted by atomic mass is 19.4. The zero-order valence-corrected chi connectivity index (χ0v) is 10.0. The molecule has 0 spiro atoms. The lowest BCUT2D eigenvalue weighted by molar-refractivity contribution is -0.146. The smallest absolute Gasteiger partial charge is 0.399 e. The second-order valence-corrected chi connectivity index (χ2v) is 4.11. The number of hydrogen-bond acceptors (Lipinski definition) is 2. The molecule has 0 amide bonds. The maximum atomic E-state index is 12.3. The number of alkyl halides is 3. The molecule has 0 aliphatic rings. The standard InChI is InChI=1S/C12H17F3N2/c1-3-17(8-12(13,14)15)7-10-5-4-9(2)11(16)6-10/h4-6H,3,7-8,16H2,1-2H3. The average Bonchev–Trinajstić information content (AvgIpc) is 2.20. The lowest BCUT2D eigenvalue weighted by atomic mass is 10.1. The van der Waals surface area contributed by atoms with Gasteiger partial charge in [0.1, 0.15) is 0 Å². The molecule has 0 fully saturated rings. The minimum absolute atomic E-state index is 0.264. The SMILES string of the molecule is CCN(Cc1ccc(C)c(N)c1)CC(F)(F)F. The van der Waals surface area contributed by atoms with E-state index in [0.717, 1.165) is 11.1 Å². The van der Waals surface area contributed by atoms with Crippen molar-refractivity contribution in [1.82, 2.24) is 4.90 Å². The Bertz CT molecular complexity index is 375. The van der Waals surface area contributed by atoms with Crippen molar-refractivity contribution in [1.29, 1.82) is 0 Å². The second kappa shape index (κ2) is 5.40. The number of halogens is 3. The first-order valence-electron chi connectivity index (χ1n) is 5.46. The molecule has 0 unspecified atom stereocenters. The van der Waals surface area contributed by atoms with Crippen LogP contribution in [0.15, 0.2) is 18.2 Å². The molecule has 0 aliphatic heterocycles. The molecule has 0 aromatic heterocycles. The highest BCUT2D eigenvalue weighted by molar-refractivity contribution is 5.48. The average molecular weight is 246 g/mol. The quantitative estimate of drug-likeness (QED) is 0.827. The summed E-state index contributed by atoms with van der Waals surface area (Å²) in [6.07, 6.45) is -4.16. The van der Waals surface area contributed by atoms with Crippen molar-refractivity contribution in [2.45, 2.75) is 26.6 Å². The van der Waals surface area contributed by atoms with Gasteiger partial charge in [0, 0.05) is 12.2 Å². The van der Waals surface area contributed by atoms with Gasteiger partial charge in [0.2, 0.25) is 0 Å². The molecule has 5 heteroatoms. The summed E-state index contributed by atoms with van der Waals surface area (Å²) in [5.41, 5.74) is 8.08. The van der Waals surface area contributed by atoms with Gasteiger partial charge in [-0.05, 0) is 30.7 Å². The number of rotatable bonds is 4. The molecule has 0 atom stereocenters. The van der Waals surface area contributed by atoms with Crippen molar-refractivity contribution in [2.24, 2.45) is 0 Å². The number of nitrogen functional groups attached to an aromatic ring is 1. The van der Waals surface area contributed by atoms with E-state index in [1.807, 2.05) is 19.1 Å². The Morgan fingerprint density at radius 1 is 1.29 bits per heavy atom. The van der Waals surface area contributed by atoms with Gasteiger partial charge < -0.3 is 5.73 Å². The summed E-state index contributed by atoms with van der Waals surface area (Å²) in [4.78, 5) is 1.34. The topological polar surface area (TPSA) is 29.3 Å². The maximum absolute atomic E-state index is 12.3. The number of anilines is 1. The van der Waals surface area contributed by atoms with Gasteiger partial charge >= 0.3 is 6.18 Å². The fourth-order valence-corrected chi connectivity index (χ4v) is 1.58. The molecule has 1 aromatic rings. The van der Waals surface area contributed by atoms with Gasteiger partial charge in [0.15, 0.2) is 0 Å². The third-order valence-electron chi connectivity index (χ3n) is 2.60. The van der Waals surface area contributed by atoms with Crippen molar-refractivity contribution in [3.05, 3.63) is 29.3 Å². The van der Waals surface area contributed by atoms with Crippen LogP contribution in [0.1, 0.15) is 18.1 Å². The van der Waals surface area contributed by atoms with Gasteiger partial charge in [-0.1, -0.05) is 19.1 Å². The fraction of sp³-hybridized carbons (Fsp3) is 0.500. The van der Waals surface area contributed by atoms with Crippen molar-refractivity contribution in [3.63, 3.8) is 0 Å². The van der Waals surface area contributed by atoms with Crippen LogP contribution in [0.25, 0.3) is 0 Å². The van der Waals surface area contributed by atoms with Crippen molar-refractivity contribution >= 4 is 5.69 Å². The molecule has 2 N–H and O–H groups in total. The molecule has 1 rings (SSSR count). The van der Waals surface area contributed by atoms with Crippen LogP contribution in [0.5, 0.6) is 0 Å². The number of hydrogen-bond donors (Lipinski definition) is 1. The molecule has 0 heterocycles. The van der Waals surface area contributed by atoms with Crippen molar-refractivity contribution < 1.29 is 13.2 Å². The summed E-state index contributed by atoms with van der Waals surface area (Å²) in [6, 6.07) is 5.37. The minimum Gasteiger partial charge on any atom is -0.399 e. The lowest BCUT2D eigenvalue weighted by Gasteiger charge is -2.22. The van der Waals surface area contributed by atoms with E-state index >= 15 is 0 Å². The van der Waals surface area contributed by atoms with Gasteiger partial charge in [-0.3, -0.25) is 4.90 Å². The van der Waals surface area contributed by atoms with Crippen LogP contribution in [0, 0.1) is 6.92 Å². The molecule has 0 saturated heterocycles. The molecule has 0 aliphatic carbocycles. The highest BCUT2D eigenvalue weighted by Crippen LogP contribution is 2.19. The van der Waals surface area contributed by atoms with Crippen LogP contribution >= 0.6 is 0 Å². The molecule has 0 saturated carbocycles. The summed E-state index contributed by atoms with van der Waals surface area (Å²) in [5.74, 6) is 0. The summed E-state index contributed by atoms with van der Waals surface area (Å²) in [6.45, 7) is 3.31. The van der Waals surface area contributed by atoms with Crippen molar-refractivity contribution in [3.8, 4) is 0 Å². The molecule has 2 nitrogen and oxygen atoms in total. The van der Waals surface area contributed by atoms with Gasteiger partial charge in [-0.15, -0.1) is 0 Å². The zero-order valence-electron chi connectivity index (χ0n) is 10.0. The van der Waals surface area contributed by atoms with Gasteiger partial charge in [-0.25, -0.2) is 0 Å². The van der Waals surface area contributed by atoms with E-state index in [1.54, 1.807) is 13.0 Å². The van der Waals surface area contributed by atoms with E-state index in [-0.39, 0.29) is 6.54 Å². The largest absolute Gasteiger partial charge is 0.401 e. The van der Waals surface area contributed by atoms with E-state index in [9.17, 15) is 13.2 Å². The van der Waals surface area contributed by atoms with E-state index in [1.165, 1.54) is 4.90 Å². The Balaban J connectivity index is 2.70. The van der Waals surface area contributed by atoms with E-state index in [2.05, 4.69) is 0 Å². The van der Waals surface area contributed by atoms with Crippen LogP contribution in [0.4, 0.5) is 18.9 Å². The number of nitrogens with zero attached hydrogens (tertiary/aromatic N) is 1. The minimum atomic E-state index is -4.16. The van der Waals surface area contributed by atoms with Crippen molar-refractivity contribution in [2.75, 3.05) is 18.8 Å². The fourth-order valence-electron chi connectivity index (χ4n) is 1.58. The Kier molecular flexibility index (Phi) is 4.40. The van der Waals surface area contributed by atoms with Crippen LogP contribution in [-0.2, 0) is 6.54 Å². The first-order chi connectivity index (χ1) is 7.81. The summed E-state index contributed by atoms with van der Waals surface area (Å²) >= 11 is 0. The number of benzene rings is 1. The first-order valence-corrected chi connectivity index (χ1v) is 5.46. The molecule has 0 bridgehead atoms. The van der Waals surface area contributed by atoms with Crippen LogP contribution in [0.3, 0.4) is 0 Å². The van der Waals surface area contributed by atoms with Gasteiger partial charge in [-0.2, -0.15) is 13.2 Å². The molecule has 1 aromatic carbocycles. The summed E-state index contributed by atoms with van der Waals surface area (Å²) < 4.78 is 36.8. The number of aryl methyl sites for hydroxylation is 1. The monoisotopic (exact) mass is 246 g/mol. The zero-order chi connectivity index (χ0) is 13.1. The third-order valence-corrected chi connectivity index (χ3v) is 2.60. The van der Waals surface area contributed by atoms with E-state index in [4.69, 9.17) is 5.73 Å². The van der Waals surface area contributed by atoms with Gasteiger partial charge in [0.05, 0.1) is 6.54 Å². The third kappa shape index (κ3) is 4.65. The highest BCUT2D eigenvalue weighted by Gasteiger charge is 2.29. The number of nitrogens with two attached hydrogens (primary N) is 1. The second-order valence-electron chi connectivity index (χ2n) is 4.11. The Hall–Kier alpha value is -1.23. The Morgan fingerprint density at radius 2 is 1.94 bits per heavy atom. The molecule has 96 valence electrons. The molecule has 17 heavy (non-hydrogen) atoms. The predicted octanol–water partition coefficient (Wildman–Crippen LogP) is 2.96. The molecular weight excluding hydrogens is 229 g/mol. The first kappa shape index (κ1) is 13.8. The lowest BCUT2D eigenvalue weighted by Crippen LogP contribution is -2.33. The van der Waals surface area contributed by atoms with Crippen LogP contribution < -0.4 is 5.73 Å². The normalized spacial score (nSPS) is 12.1. The molecule has 0 radical (unpaired) electrons. The Labute approximate surface area is 99.2 Å². The van der Waals surface area contributed by atoms with Crippen LogP contribution in [0.2, 0.25) is 0 Å². The van der Waals surface area contributed by atoms with E-state index in [0.29, 0.717) is 12.2 Å². The summed E-state index contributed by atoms with van der Waals surface area (Å²) in [5, 5.41) is 0. The van der Waals surface area contributed by atoms with Crippen LogP contribution in [-0.4, -0.2) is 24.2 Å². The predicted molar refractivity (Wildman–Crippen MR) is 62.6 cm³/mol. The van der Waals surface area contributed by atoms with Gasteiger partial charge in [0.25, 0.3) is 0 Å². The summed E-state index contributed by atoms with van der Waals surface area (Å²) in [7, 11) is 0.